The van der Waals surface area contributed by atoms with Crippen molar-refractivity contribution in [2.45, 2.75) is 37.6 Å². The van der Waals surface area contributed by atoms with Gasteiger partial charge in [-0.05, 0) is 25.7 Å². The standard InChI is InChI=1S/C11H19N3O2/c12-11(3-1-4-11)7-10(16)14-6-2-5-13-9(15)8-14/h1-8,12H2,(H,13,15). The van der Waals surface area contributed by atoms with Gasteiger partial charge < -0.3 is 16.0 Å². The van der Waals surface area contributed by atoms with E-state index in [0.29, 0.717) is 19.5 Å². The highest BCUT2D eigenvalue weighted by atomic mass is 16.2. The zero-order chi connectivity index (χ0) is 11.6. The predicted molar refractivity (Wildman–Crippen MR) is 59.6 cm³/mol. The molecule has 1 saturated heterocycles. The van der Waals surface area contributed by atoms with Crippen molar-refractivity contribution in [3.63, 3.8) is 0 Å². The van der Waals surface area contributed by atoms with E-state index < -0.39 is 0 Å². The molecule has 16 heavy (non-hydrogen) atoms. The molecule has 2 rings (SSSR count). The molecule has 0 aromatic carbocycles. The summed E-state index contributed by atoms with van der Waals surface area (Å²) in [5.41, 5.74) is 5.74. The van der Waals surface area contributed by atoms with Crippen LogP contribution in [0.3, 0.4) is 0 Å². The fraction of sp³-hybridized carbons (Fsp3) is 0.818. The van der Waals surface area contributed by atoms with Crippen LogP contribution in [-0.4, -0.2) is 41.9 Å². The SMILES string of the molecule is NC1(CC(=O)N2CCCNC(=O)C2)CCC1. The molecule has 0 atom stereocenters. The fourth-order valence-electron chi connectivity index (χ4n) is 2.24. The Kier molecular flexibility index (Phi) is 3.14. The van der Waals surface area contributed by atoms with E-state index in [0.717, 1.165) is 25.7 Å². The Bertz CT molecular complexity index is 300. The number of hydrogen-bond donors (Lipinski definition) is 2. The largest absolute Gasteiger partial charge is 0.354 e. The van der Waals surface area contributed by atoms with E-state index in [-0.39, 0.29) is 23.9 Å². The minimum absolute atomic E-state index is 0.0271. The zero-order valence-corrected chi connectivity index (χ0v) is 9.50. The average molecular weight is 225 g/mol. The van der Waals surface area contributed by atoms with Gasteiger partial charge in [-0.25, -0.2) is 0 Å². The second kappa shape index (κ2) is 4.41. The molecule has 1 aliphatic heterocycles. The molecule has 3 N–H and O–H groups in total. The summed E-state index contributed by atoms with van der Waals surface area (Å²) in [5.74, 6) is -0.0372. The minimum atomic E-state index is -0.292. The smallest absolute Gasteiger partial charge is 0.239 e. The molecule has 90 valence electrons. The van der Waals surface area contributed by atoms with Crippen LogP contribution >= 0.6 is 0 Å². The van der Waals surface area contributed by atoms with Gasteiger partial charge in [-0.3, -0.25) is 9.59 Å². The van der Waals surface area contributed by atoms with Gasteiger partial charge in [0.2, 0.25) is 11.8 Å². The summed E-state index contributed by atoms with van der Waals surface area (Å²) in [6.45, 7) is 1.51. The Hall–Kier alpha value is -1.10. The summed E-state index contributed by atoms with van der Waals surface area (Å²) in [4.78, 5) is 24.9. The van der Waals surface area contributed by atoms with Crippen LogP contribution in [0.2, 0.25) is 0 Å². The van der Waals surface area contributed by atoms with Crippen molar-refractivity contribution in [3.05, 3.63) is 0 Å². The number of carbonyl (C=O) groups excluding carboxylic acids is 2. The van der Waals surface area contributed by atoms with E-state index in [1.54, 1.807) is 4.90 Å². The first kappa shape index (κ1) is 11.4. The molecule has 0 spiro atoms. The number of carbonyl (C=O) groups is 2. The monoisotopic (exact) mass is 225 g/mol. The molecular formula is C11H19N3O2. The van der Waals surface area contributed by atoms with Gasteiger partial charge in [0.25, 0.3) is 0 Å². The average Bonchev–Trinajstić information content (AvgIpc) is 2.40. The van der Waals surface area contributed by atoms with E-state index in [4.69, 9.17) is 5.73 Å². The summed E-state index contributed by atoms with van der Waals surface area (Å²) < 4.78 is 0. The van der Waals surface area contributed by atoms with Crippen LogP contribution in [0.4, 0.5) is 0 Å². The molecule has 0 unspecified atom stereocenters. The highest BCUT2D eigenvalue weighted by Gasteiger charge is 2.36. The van der Waals surface area contributed by atoms with Crippen LogP contribution in [0.25, 0.3) is 0 Å². The fourth-order valence-corrected chi connectivity index (χ4v) is 2.24. The molecule has 1 saturated carbocycles. The third kappa shape index (κ3) is 2.52. The Labute approximate surface area is 95.3 Å². The van der Waals surface area contributed by atoms with Crippen LogP contribution in [0.1, 0.15) is 32.1 Å². The van der Waals surface area contributed by atoms with Crippen molar-refractivity contribution in [1.29, 1.82) is 0 Å². The lowest BCUT2D eigenvalue weighted by Crippen LogP contribution is -2.51. The van der Waals surface area contributed by atoms with E-state index >= 15 is 0 Å². The maximum atomic E-state index is 12.0. The van der Waals surface area contributed by atoms with Crippen molar-refractivity contribution in [1.82, 2.24) is 10.2 Å². The molecule has 2 fully saturated rings. The molecule has 5 heteroatoms. The first-order valence-electron chi connectivity index (χ1n) is 5.92. The maximum Gasteiger partial charge on any atom is 0.239 e. The lowest BCUT2D eigenvalue weighted by Gasteiger charge is -2.38. The molecule has 0 aromatic rings. The minimum Gasteiger partial charge on any atom is -0.354 e. The lowest BCUT2D eigenvalue weighted by atomic mass is 9.75. The van der Waals surface area contributed by atoms with Crippen molar-refractivity contribution < 1.29 is 9.59 Å². The van der Waals surface area contributed by atoms with Gasteiger partial charge in [0.05, 0.1) is 6.54 Å². The summed E-state index contributed by atoms with van der Waals surface area (Å²) in [6, 6.07) is 0. The molecular weight excluding hydrogens is 206 g/mol. The van der Waals surface area contributed by atoms with Crippen molar-refractivity contribution in [2.24, 2.45) is 5.73 Å². The first-order valence-corrected chi connectivity index (χ1v) is 5.92. The Morgan fingerprint density at radius 3 is 2.81 bits per heavy atom. The van der Waals surface area contributed by atoms with Crippen LogP contribution in [0.15, 0.2) is 0 Å². The first-order chi connectivity index (χ1) is 7.59. The highest BCUT2D eigenvalue weighted by Crippen LogP contribution is 2.32. The van der Waals surface area contributed by atoms with E-state index in [1.165, 1.54) is 0 Å². The van der Waals surface area contributed by atoms with Crippen molar-refractivity contribution >= 4 is 11.8 Å². The second-order valence-electron chi connectivity index (χ2n) is 4.91. The molecule has 1 heterocycles. The molecule has 2 aliphatic rings. The number of nitrogens with one attached hydrogen (secondary N) is 1. The molecule has 0 bridgehead atoms. The van der Waals surface area contributed by atoms with Gasteiger partial charge in [0.1, 0.15) is 0 Å². The van der Waals surface area contributed by atoms with Crippen LogP contribution < -0.4 is 11.1 Å². The highest BCUT2D eigenvalue weighted by molar-refractivity contribution is 5.85. The molecule has 2 amide bonds. The predicted octanol–water partition coefficient (Wildman–Crippen LogP) is -0.394. The van der Waals surface area contributed by atoms with E-state index in [2.05, 4.69) is 5.32 Å². The topological polar surface area (TPSA) is 75.4 Å². The number of hydrogen-bond acceptors (Lipinski definition) is 3. The van der Waals surface area contributed by atoms with Gasteiger partial charge in [0, 0.05) is 25.0 Å². The number of rotatable bonds is 2. The van der Waals surface area contributed by atoms with Gasteiger partial charge >= 0.3 is 0 Å². The molecule has 5 nitrogen and oxygen atoms in total. The number of nitrogens with zero attached hydrogens (tertiary/aromatic N) is 1. The van der Waals surface area contributed by atoms with Crippen LogP contribution in [-0.2, 0) is 9.59 Å². The van der Waals surface area contributed by atoms with Gasteiger partial charge in [-0.2, -0.15) is 0 Å². The van der Waals surface area contributed by atoms with Crippen molar-refractivity contribution in [2.75, 3.05) is 19.6 Å². The maximum absolute atomic E-state index is 12.0. The number of amides is 2. The third-order valence-corrected chi connectivity index (χ3v) is 3.47. The van der Waals surface area contributed by atoms with Gasteiger partial charge in [-0.15, -0.1) is 0 Å². The van der Waals surface area contributed by atoms with Crippen LogP contribution in [0.5, 0.6) is 0 Å². The Morgan fingerprint density at radius 2 is 2.19 bits per heavy atom. The summed E-state index contributed by atoms with van der Waals surface area (Å²) in [5, 5.41) is 2.76. The molecule has 1 aliphatic carbocycles. The summed E-state index contributed by atoms with van der Waals surface area (Å²) in [7, 11) is 0. The zero-order valence-electron chi connectivity index (χ0n) is 9.50. The second-order valence-corrected chi connectivity index (χ2v) is 4.91. The van der Waals surface area contributed by atoms with Crippen LogP contribution in [0, 0.1) is 0 Å². The van der Waals surface area contributed by atoms with Gasteiger partial charge in [0.15, 0.2) is 0 Å². The molecule has 0 aromatic heterocycles. The number of nitrogens with two attached hydrogens (primary N) is 1. The third-order valence-electron chi connectivity index (χ3n) is 3.47. The van der Waals surface area contributed by atoms with Crippen molar-refractivity contribution in [3.8, 4) is 0 Å². The van der Waals surface area contributed by atoms with Gasteiger partial charge in [-0.1, -0.05) is 0 Å². The van der Waals surface area contributed by atoms with E-state index in [1.807, 2.05) is 0 Å². The molecule has 0 radical (unpaired) electrons. The quantitative estimate of drug-likeness (QED) is 0.672. The lowest BCUT2D eigenvalue weighted by molar-refractivity contribution is -0.136. The Balaban J connectivity index is 1.89. The van der Waals surface area contributed by atoms with E-state index in [9.17, 15) is 9.59 Å². The normalized spacial score (nSPS) is 24.3. The summed E-state index contributed by atoms with van der Waals surface area (Å²) in [6.07, 6.45) is 4.19. The summed E-state index contributed by atoms with van der Waals surface area (Å²) >= 11 is 0. The Morgan fingerprint density at radius 1 is 1.44 bits per heavy atom.